The topological polar surface area (TPSA) is 79.2 Å². The second-order valence-electron chi connectivity index (χ2n) is 4.93. The average molecular weight is 287 g/mol. The number of nitrogens with zero attached hydrogens (tertiary/aromatic N) is 2. The first-order valence-corrected chi connectivity index (χ1v) is 6.72. The van der Waals surface area contributed by atoms with Gasteiger partial charge in [-0.05, 0) is 13.8 Å². The zero-order valence-corrected chi connectivity index (χ0v) is 11.9. The summed E-state index contributed by atoms with van der Waals surface area (Å²) in [5.74, 6) is -0.0469. The van der Waals surface area contributed by atoms with Gasteiger partial charge in [0.25, 0.3) is 0 Å². The Morgan fingerprint density at radius 3 is 2.84 bits per heavy atom. The van der Waals surface area contributed by atoms with Crippen molar-refractivity contribution in [1.82, 2.24) is 20.4 Å². The van der Waals surface area contributed by atoms with Crippen molar-refractivity contribution in [3.05, 3.63) is 16.4 Å². The highest BCUT2D eigenvalue weighted by Gasteiger charge is 2.25. The number of carbonyl (C=O) groups excluding carboxylic acids is 1. The van der Waals surface area contributed by atoms with E-state index in [0.717, 1.165) is 17.9 Å². The first-order chi connectivity index (χ1) is 8.99. The molecule has 1 aliphatic heterocycles. The van der Waals surface area contributed by atoms with Crippen molar-refractivity contribution in [2.45, 2.75) is 26.5 Å². The van der Waals surface area contributed by atoms with Crippen molar-refractivity contribution in [1.29, 1.82) is 0 Å². The summed E-state index contributed by atoms with van der Waals surface area (Å²) in [6.45, 7) is 5.58. The summed E-state index contributed by atoms with van der Waals surface area (Å²) in [5, 5.41) is 20.3. The molecule has 2 unspecified atom stereocenters. The molecule has 1 saturated heterocycles. The van der Waals surface area contributed by atoms with Gasteiger partial charge in [0.15, 0.2) is 0 Å². The number of aryl methyl sites for hydroxylation is 1. The van der Waals surface area contributed by atoms with Gasteiger partial charge < -0.3 is 15.7 Å². The van der Waals surface area contributed by atoms with Crippen LogP contribution in [0.1, 0.15) is 11.4 Å². The molecule has 0 aliphatic carbocycles. The van der Waals surface area contributed by atoms with Crippen LogP contribution in [0.2, 0.25) is 5.02 Å². The number of aliphatic hydroxyl groups is 1. The van der Waals surface area contributed by atoms with Gasteiger partial charge in [-0.3, -0.25) is 9.48 Å². The van der Waals surface area contributed by atoms with E-state index in [0.29, 0.717) is 18.1 Å². The first-order valence-electron chi connectivity index (χ1n) is 6.34. The van der Waals surface area contributed by atoms with E-state index in [1.54, 1.807) is 4.68 Å². The van der Waals surface area contributed by atoms with Gasteiger partial charge in [-0.15, -0.1) is 0 Å². The minimum Gasteiger partial charge on any atom is -0.391 e. The van der Waals surface area contributed by atoms with E-state index >= 15 is 0 Å². The van der Waals surface area contributed by atoms with Crippen LogP contribution >= 0.6 is 11.6 Å². The second kappa shape index (κ2) is 5.90. The van der Waals surface area contributed by atoms with Crippen molar-refractivity contribution in [3.8, 4) is 0 Å². The van der Waals surface area contributed by atoms with Crippen molar-refractivity contribution < 1.29 is 9.90 Å². The highest BCUT2D eigenvalue weighted by molar-refractivity contribution is 6.31. The third-order valence-electron chi connectivity index (χ3n) is 3.45. The zero-order valence-electron chi connectivity index (χ0n) is 11.1. The van der Waals surface area contributed by atoms with E-state index in [2.05, 4.69) is 15.7 Å². The van der Waals surface area contributed by atoms with Crippen LogP contribution in [0, 0.1) is 19.8 Å². The summed E-state index contributed by atoms with van der Waals surface area (Å²) in [5.41, 5.74) is 1.51. The number of aliphatic hydroxyl groups excluding tert-OH is 1. The molecule has 0 saturated carbocycles. The molecular formula is C12H19ClN4O2. The van der Waals surface area contributed by atoms with E-state index in [-0.39, 0.29) is 24.5 Å². The van der Waals surface area contributed by atoms with E-state index in [4.69, 9.17) is 11.6 Å². The van der Waals surface area contributed by atoms with Gasteiger partial charge >= 0.3 is 0 Å². The average Bonchev–Trinajstić information content (AvgIpc) is 2.87. The van der Waals surface area contributed by atoms with Crippen LogP contribution in [0.4, 0.5) is 0 Å². The van der Waals surface area contributed by atoms with Gasteiger partial charge in [-0.2, -0.15) is 5.10 Å². The summed E-state index contributed by atoms with van der Waals surface area (Å²) < 4.78 is 1.59. The largest absolute Gasteiger partial charge is 0.391 e. The molecule has 2 atom stereocenters. The predicted octanol–water partition coefficient (Wildman–Crippen LogP) is -0.150. The fraction of sp³-hybridized carbons (Fsp3) is 0.667. The molecule has 1 amide bonds. The van der Waals surface area contributed by atoms with Crippen LogP contribution in [-0.4, -0.2) is 46.5 Å². The quantitative estimate of drug-likeness (QED) is 0.719. The Balaban J connectivity index is 1.85. The number of carbonyl (C=O) groups is 1. The highest BCUT2D eigenvalue weighted by atomic mass is 35.5. The van der Waals surface area contributed by atoms with Gasteiger partial charge in [0.2, 0.25) is 5.91 Å². The maximum Gasteiger partial charge on any atom is 0.241 e. The van der Waals surface area contributed by atoms with Gasteiger partial charge in [0.1, 0.15) is 6.54 Å². The Morgan fingerprint density at radius 1 is 1.58 bits per heavy atom. The number of nitrogens with one attached hydrogen (secondary N) is 2. The Bertz CT molecular complexity index is 475. The molecule has 6 nitrogen and oxygen atoms in total. The van der Waals surface area contributed by atoms with Crippen molar-refractivity contribution in [2.75, 3.05) is 19.6 Å². The Kier molecular flexibility index (Phi) is 4.44. The highest BCUT2D eigenvalue weighted by Crippen LogP contribution is 2.18. The lowest BCUT2D eigenvalue weighted by molar-refractivity contribution is -0.122. The number of amides is 1. The third kappa shape index (κ3) is 3.26. The van der Waals surface area contributed by atoms with Crippen LogP contribution < -0.4 is 10.6 Å². The van der Waals surface area contributed by atoms with Crippen LogP contribution in [0.5, 0.6) is 0 Å². The summed E-state index contributed by atoms with van der Waals surface area (Å²) in [6.07, 6.45) is -0.386. The summed E-state index contributed by atoms with van der Waals surface area (Å²) >= 11 is 6.03. The van der Waals surface area contributed by atoms with Crippen molar-refractivity contribution in [2.24, 2.45) is 5.92 Å². The maximum absolute atomic E-state index is 11.8. The molecule has 0 bridgehead atoms. The monoisotopic (exact) mass is 286 g/mol. The molecule has 2 rings (SSSR count). The Hall–Kier alpha value is -1.11. The lowest BCUT2D eigenvalue weighted by atomic mass is 10.1. The second-order valence-corrected chi connectivity index (χ2v) is 5.31. The van der Waals surface area contributed by atoms with Crippen LogP contribution in [-0.2, 0) is 11.3 Å². The number of aromatic nitrogens is 2. The van der Waals surface area contributed by atoms with E-state index in [9.17, 15) is 9.90 Å². The Labute approximate surface area is 117 Å². The lowest BCUT2D eigenvalue weighted by Gasteiger charge is -2.14. The molecule has 1 aromatic rings. The molecule has 0 radical (unpaired) electrons. The summed E-state index contributed by atoms with van der Waals surface area (Å²) in [6, 6.07) is 0. The first kappa shape index (κ1) is 14.3. The van der Waals surface area contributed by atoms with Crippen molar-refractivity contribution >= 4 is 17.5 Å². The lowest BCUT2D eigenvalue weighted by Crippen LogP contribution is -2.36. The molecule has 1 fully saturated rings. The molecule has 3 N–H and O–H groups in total. The smallest absolute Gasteiger partial charge is 0.241 e. The standard InChI is InChI=1S/C12H19ClN4O2/c1-7-12(13)8(2)17(16-7)6-11(19)15-4-9-3-14-5-10(9)18/h9-10,14,18H,3-6H2,1-2H3,(H,15,19). The Morgan fingerprint density at radius 2 is 2.32 bits per heavy atom. The normalized spacial score (nSPS) is 22.7. The van der Waals surface area contributed by atoms with Crippen LogP contribution in [0.15, 0.2) is 0 Å². The van der Waals surface area contributed by atoms with Crippen LogP contribution in [0.25, 0.3) is 0 Å². The molecule has 106 valence electrons. The number of β-amino-alcohol motifs (C(OH)–C–C–N with tert-alkyl or cyclic N) is 1. The summed E-state index contributed by atoms with van der Waals surface area (Å²) in [7, 11) is 0. The van der Waals surface area contributed by atoms with Crippen LogP contribution in [0.3, 0.4) is 0 Å². The number of hydrogen-bond acceptors (Lipinski definition) is 4. The zero-order chi connectivity index (χ0) is 14.0. The summed E-state index contributed by atoms with van der Waals surface area (Å²) in [4.78, 5) is 11.8. The van der Waals surface area contributed by atoms with Gasteiger partial charge in [-0.25, -0.2) is 0 Å². The molecule has 2 heterocycles. The molecule has 0 aromatic carbocycles. The maximum atomic E-state index is 11.8. The number of halogens is 1. The van der Waals surface area contributed by atoms with Gasteiger partial charge in [0.05, 0.1) is 22.5 Å². The third-order valence-corrected chi connectivity index (χ3v) is 4.00. The minimum atomic E-state index is -0.386. The molecule has 1 aliphatic rings. The number of rotatable bonds is 4. The number of hydrogen-bond donors (Lipinski definition) is 3. The minimum absolute atomic E-state index is 0.0768. The van der Waals surface area contributed by atoms with E-state index < -0.39 is 0 Å². The van der Waals surface area contributed by atoms with Crippen molar-refractivity contribution in [3.63, 3.8) is 0 Å². The predicted molar refractivity (Wildman–Crippen MR) is 72.1 cm³/mol. The van der Waals surface area contributed by atoms with E-state index in [1.165, 1.54) is 0 Å². The fourth-order valence-corrected chi connectivity index (χ4v) is 2.33. The van der Waals surface area contributed by atoms with Gasteiger partial charge in [0, 0.05) is 25.6 Å². The van der Waals surface area contributed by atoms with Gasteiger partial charge in [-0.1, -0.05) is 11.6 Å². The SMILES string of the molecule is Cc1nn(CC(=O)NCC2CNCC2O)c(C)c1Cl. The molecule has 0 spiro atoms. The molecule has 7 heteroatoms. The molecular weight excluding hydrogens is 268 g/mol. The van der Waals surface area contributed by atoms with E-state index in [1.807, 2.05) is 13.8 Å². The molecule has 1 aromatic heterocycles. The fourth-order valence-electron chi connectivity index (χ4n) is 2.19. The molecule has 19 heavy (non-hydrogen) atoms.